The molecule has 144 valence electrons. The molecule has 0 bridgehead atoms. The van der Waals surface area contributed by atoms with E-state index >= 15 is 0 Å². The Kier molecular flexibility index (Phi) is 4.91. The van der Waals surface area contributed by atoms with Crippen molar-refractivity contribution in [2.45, 2.75) is 26.3 Å². The van der Waals surface area contributed by atoms with Gasteiger partial charge in [-0.15, -0.1) is 22.7 Å². The van der Waals surface area contributed by atoms with Crippen molar-refractivity contribution in [1.29, 1.82) is 0 Å². The van der Waals surface area contributed by atoms with Crippen LogP contribution in [0.4, 0.5) is 0 Å². The van der Waals surface area contributed by atoms with E-state index in [1.807, 2.05) is 36.7 Å². The lowest BCUT2D eigenvalue weighted by molar-refractivity contribution is 0.0563. The van der Waals surface area contributed by atoms with E-state index in [2.05, 4.69) is 4.74 Å². The molecule has 4 heterocycles. The summed E-state index contributed by atoms with van der Waals surface area (Å²) in [7, 11) is 1.30. The minimum absolute atomic E-state index is 0.0550. The number of aromatic nitrogens is 2. The summed E-state index contributed by atoms with van der Waals surface area (Å²) >= 11 is 3.08. The molecule has 0 saturated heterocycles. The van der Waals surface area contributed by atoms with Crippen molar-refractivity contribution in [3.05, 3.63) is 62.7 Å². The van der Waals surface area contributed by atoms with E-state index in [9.17, 15) is 9.59 Å². The Morgan fingerprint density at radius 1 is 1.29 bits per heavy atom. The van der Waals surface area contributed by atoms with Gasteiger partial charge in [-0.25, -0.2) is 9.78 Å². The first kappa shape index (κ1) is 18.6. The molecule has 28 heavy (non-hydrogen) atoms. The number of carbonyl (C=O) groups excluding carboxylic acids is 1. The molecule has 0 spiro atoms. The number of carbonyl (C=O) groups is 1. The van der Waals surface area contributed by atoms with Gasteiger partial charge < -0.3 is 9.15 Å². The number of furan rings is 1. The molecule has 0 fully saturated rings. The van der Waals surface area contributed by atoms with Crippen molar-refractivity contribution in [2.24, 2.45) is 0 Å². The Morgan fingerprint density at radius 3 is 2.79 bits per heavy atom. The average Bonchev–Trinajstić information content (AvgIpc) is 3.42. The first-order chi connectivity index (χ1) is 13.5. The van der Waals surface area contributed by atoms with E-state index in [4.69, 9.17) is 9.40 Å². The lowest BCUT2D eigenvalue weighted by atomic mass is 10.1. The standard InChI is InChI=1S/C20H18N2O4S2/c1-11(2)17-21-18-16(13(10-28-18)15-5-4-8-27-15)19(23)22(17)9-12-6-7-14(26-12)20(24)25-3/h4-8,10-11H,9H2,1-3H3. The molecule has 4 aromatic heterocycles. The van der Waals surface area contributed by atoms with Crippen molar-refractivity contribution >= 4 is 38.9 Å². The molecule has 6 nitrogen and oxygen atoms in total. The topological polar surface area (TPSA) is 74.3 Å². The Balaban J connectivity index is 1.86. The van der Waals surface area contributed by atoms with E-state index in [0.29, 0.717) is 17.0 Å². The van der Waals surface area contributed by atoms with Crippen LogP contribution in [0.25, 0.3) is 20.7 Å². The molecule has 0 radical (unpaired) electrons. The van der Waals surface area contributed by atoms with Gasteiger partial charge >= 0.3 is 5.97 Å². The zero-order valence-electron chi connectivity index (χ0n) is 15.6. The van der Waals surface area contributed by atoms with Crippen LogP contribution in [0, 0.1) is 0 Å². The zero-order valence-corrected chi connectivity index (χ0v) is 17.2. The molecule has 0 amide bonds. The largest absolute Gasteiger partial charge is 0.463 e. The second kappa shape index (κ2) is 7.37. The van der Waals surface area contributed by atoms with Gasteiger partial charge in [0, 0.05) is 21.7 Å². The van der Waals surface area contributed by atoms with E-state index in [1.54, 1.807) is 28.0 Å². The maximum atomic E-state index is 13.4. The third-order valence-electron chi connectivity index (χ3n) is 4.39. The van der Waals surface area contributed by atoms with Crippen LogP contribution in [0.3, 0.4) is 0 Å². The molecular formula is C20H18N2O4S2. The summed E-state index contributed by atoms with van der Waals surface area (Å²) in [5.41, 5.74) is 0.806. The molecule has 4 rings (SSSR count). The van der Waals surface area contributed by atoms with E-state index in [0.717, 1.165) is 15.3 Å². The molecule has 0 aliphatic rings. The molecule has 0 atom stereocenters. The smallest absolute Gasteiger partial charge is 0.373 e. The van der Waals surface area contributed by atoms with Crippen LogP contribution in [0.1, 0.15) is 41.9 Å². The number of hydrogen-bond donors (Lipinski definition) is 0. The van der Waals surface area contributed by atoms with Gasteiger partial charge in [0.15, 0.2) is 0 Å². The molecule has 0 unspecified atom stereocenters. The first-order valence-electron chi connectivity index (χ1n) is 8.72. The predicted molar refractivity (Wildman–Crippen MR) is 110 cm³/mol. The van der Waals surface area contributed by atoms with Gasteiger partial charge in [0.05, 0.1) is 19.0 Å². The molecule has 0 aromatic carbocycles. The summed E-state index contributed by atoms with van der Waals surface area (Å²) in [5.74, 6) is 0.806. The fraction of sp³-hybridized carbons (Fsp3) is 0.250. The summed E-state index contributed by atoms with van der Waals surface area (Å²) in [6.07, 6.45) is 0. The monoisotopic (exact) mass is 414 g/mol. The molecule has 0 saturated carbocycles. The van der Waals surface area contributed by atoms with Gasteiger partial charge in [0.25, 0.3) is 5.56 Å². The highest BCUT2D eigenvalue weighted by Gasteiger charge is 2.20. The van der Waals surface area contributed by atoms with Crippen LogP contribution in [0.5, 0.6) is 0 Å². The Hall–Kier alpha value is -2.71. The highest BCUT2D eigenvalue weighted by Crippen LogP contribution is 2.34. The zero-order chi connectivity index (χ0) is 19.8. The minimum atomic E-state index is -0.547. The summed E-state index contributed by atoms with van der Waals surface area (Å²) < 4.78 is 11.9. The number of methoxy groups -OCH3 is 1. The summed E-state index contributed by atoms with van der Waals surface area (Å²) in [6, 6.07) is 7.20. The van der Waals surface area contributed by atoms with Gasteiger partial charge in [0.1, 0.15) is 16.4 Å². The van der Waals surface area contributed by atoms with Gasteiger partial charge in [-0.3, -0.25) is 9.36 Å². The summed E-state index contributed by atoms with van der Waals surface area (Å²) in [5, 5.41) is 4.60. The molecule has 0 N–H and O–H groups in total. The molecule has 8 heteroatoms. The number of nitrogens with zero attached hydrogens (tertiary/aromatic N) is 2. The number of rotatable bonds is 5. The summed E-state index contributed by atoms with van der Waals surface area (Å²) in [4.78, 5) is 31.6. The normalized spacial score (nSPS) is 11.4. The molecule has 4 aromatic rings. The van der Waals surface area contributed by atoms with Crippen LogP contribution in [-0.2, 0) is 11.3 Å². The van der Waals surface area contributed by atoms with Crippen LogP contribution < -0.4 is 5.56 Å². The molecule has 0 aliphatic heterocycles. The van der Waals surface area contributed by atoms with Crippen molar-refractivity contribution in [1.82, 2.24) is 9.55 Å². The van der Waals surface area contributed by atoms with Gasteiger partial charge in [-0.05, 0) is 23.6 Å². The van der Waals surface area contributed by atoms with Crippen molar-refractivity contribution < 1.29 is 13.9 Å². The highest BCUT2D eigenvalue weighted by molar-refractivity contribution is 7.18. The highest BCUT2D eigenvalue weighted by atomic mass is 32.1. The van der Waals surface area contributed by atoms with Gasteiger partial charge in [-0.1, -0.05) is 19.9 Å². The lowest BCUT2D eigenvalue weighted by Gasteiger charge is -2.14. The van der Waals surface area contributed by atoms with Crippen LogP contribution >= 0.6 is 22.7 Å². The number of ether oxygens (including phenoxy) is 1. The molecular weight excluding hydrogens is 396 g/mol. The summed E-state index contributed by atoms with van der Waals surface area (Å²) in [6.45, 7) is 4.20. The quantitative estimate of drug-likeness (QED) is 0.441. The van der Waals surface area contributed by atoms with E-state index in [-0.39, 0.29) is 23.8 Å². The third-order valence-corrected chi connectivity index (χ3v) is 6.16. The lowest BCUT2D eigenvalue weighted by Crippen LogP contribution is -2.26. The van der Waals surface area contributed by atoms with E-state index < -0.39 is 5.97 Å². The Bertz CT molecular complexity index is 1200. The number of fused-ring (bicyclic) bond motifs is 1. The minimum Gasteiger partial charge on any atom is -0.463 e. The van der Waals surface area contributed by atoms with Crippen LogP contribution in [0.15, 0.2) is 44.2 Å². The Labute approximate surface area is 169 Å². The predicted octanol–water partition coefficient (Wildman–Crippen LogP) is 4.74. The van der Waals surface area contributed by atoms with Crippen molar-refractivity contribution in [3.63, 3.8) is 0 Å². The first-order valence-corrected chi connectivity index (χ1v) is 10.5. The second-order valence-electron chi connectivity index (χ2n) is 6.58. The second-order valence-corrected chi connectivity index (χ2v) is 8.39. The maximum absolute atomic E-state index is 13.4. The van der Waals surface area contributed by atoms with Crippen molar-refractivity contribution in [3.8, 4) is 10.4 Å². The van der Waals surface area contributed by atoms with Crippen LogP contribution in [-0.4, -0.2) is 22.6 Å². The van der Waals surface area contributed by atoms with Gasteiger partial charge in [-0.2, -0.15) is 0 Å². The fourth-order valence-corrected chi connectivity index (χ4v) is 4.83. The molecule has 0 aliphatic carbocycles. The van der Waals surface area contributed by atoms with Crippen LogP contribution in [0.2, 0.25) is 0 Å². The number of esters is 1. The SMILES string of the molecule is COC(=O)c1ccc(Cn2c(C(C)C)nc3scc(-c4cccs4)c3c2=O)o1. The Morgan fingerprint density at radius 2 is 2.11 bits per heavy atom. The van der Waals surface area contributed by atoms with Crippen molar-refractivity contribution in [2.75, 3.05) is 7.11 Å². The third kappa shape index (κ3) is 3.18. The number of hydrogen-bond acceptors (Lipinski definition) is 7. The number of thiophene rings is 2. The van der Waals surface area contributed by atoms with E-state index in [1.165, 1.54) is 18.4 Å². The fourth-order valence-electron chi connectivity index (χ4n) is 3.08. The average molecular weight is 415 g/mol. The van der Waals surface area contributed by atoms with Gasteiger partial charge in [0.2, 0.25) is 5.76 Å². The maximum Gasteiger partial charge on any atom is 0.373 e.